The number of aromatic nitrogens is 2. The van der Waals surface area contributed by atoms with Crippen molar-refractivity contribution in [1.29, 1.82) is 0 Å². The number of nitrogens with two attached hydrogens (primary N) is 1. The van der Waals surface area contributed by atoms with Crippen molar-refractivity contribution < 1.29 is 14.4 Å². The van der Waals surface area contributed by atoms with Crippen LogP contribution in [0.2, 0.25) is 0 Å². The summed E-state index contributed by atoms with van der Waals surface area (Å²) in [5, 5.41) is 6.03. The molecule has 1 atom stereocenters. The lowest BCUT2D eigenvalue weighted by molar-refractivity contribution is -0.135. The molecule has 1 aromatic heterocycles. The molecular weight excluding hydrogens is 561 g/mol. The Bertz CT molecular complexity index is 1370. The number of hydrogen-bond acceptors (Lipinski definition) is 8. The third kappa shape index (κ3) is 10.8. The Labute approximate surface area is 274 Å². The normalized spacial score (nSPS) is 12.6. The minimum atomic E-state index is -0.658. The zero-order chi connectivity index (χ0) is 34.1. The molecular formula is C28H48B6N8O3. The Kier molecular flexibility index (Phi) is 13.5. The van der Waals surface area contributed by atoms with Gasteiger partial charge in [-0.15, -0.1) is 0 Å². The molecule has 0 radical (unpaired) electrons. The Morgan fingerprint density at radius 3 is 2.24 bits per heavy atom. The molecule has 2 aromatic rings. The maximum absolute atomic E-state index is 12.9. The van der Waals surface area contributed by atoms with E-state index in [1.54, 1.807) is 20.0 Å². The van der Waals surface area contributed by atoms with E-state index >= 15 is 0 Å². The molecule has 4 N–H and O–H groups in total. The summed E-state index contributed by atoms with van der Waals surface area (Å²) in [5.74, 6) is -0.131. The van der Waals surface area contributed by atoms with Crippen LogP contribution >= 0.6 is 0 Å². The van der Waals surface area contributed by atoms with Crippen LogP contribution in [-0.4, -0.2) is 135 Å². The summed E-state index contributed by atoms with van der Waals surface area (Å²) in [6.45, 7) is 7.43. The van der Waals surface area contributed by atoms with Crippen molar-refractivity contribution in [3.63, 3.8) is 0 Å². The van der Waals surface area contributed by atoms with E-state index in [0.717, 1.165) is 12.1 Å². The molecule has 1 aromatic carbocycles. The summed E-state index contributed by atoms with van der Waals surface area (Å²) >= 11 is 0. The van der Waals surface area contributed by atoms with Gasteiger partial charge >= 0.3 is 0 Å². The fourth-order valence-electron chi connectivity index (χ4n) is 5.13. The topological polar surface area (TPSA) is 137 Å². The van der Waals surface area contributed by atoms with Crippen molar-refractivity contribution in [3.05, 3.63) is 53.4 Å². The van der Waals surface area contributed by atoms with Crippen LogP contribution in [0.15, 0.2) is 36.4 Å². The molecule has 11 nitrogen and oxygen atoms in total. The summed E-state index contributed by atoms with van der Waals surface area (Å²) in [7, 11) is 16.5. The molecule has 0 saturated heterocycles. The van der Waals surface area contributed by atoms with Gasteiger partial charge < -0.3 is 31.1 Å². The van der Waals surface area contributed by atoms with Gasteiger partial charge in [0, 0.05) is 45.5 Å². The van der Waals surface area contributed by atoms with Gasteiger partial charge in [-0.2, -0.15) is 0 Å². The van der Waals surface area contributed by atoms with Crippen LogP contribution in [0.3, 0.4) is 0 Å². The van der Waals surface area contributed by atoms with E-state index < -0.39 is 11.9 Å². The van der Waals surface area contributed by atoms with Gasteiger partial charge in [0.05, 0.1) is 5.69 Å². The van der Waals surface area contributed by atoms with Crippen LogP contribution in [0.1, 0.15) is 42.5 Å². The zero-order valence-corrected chi connectivity index (χ0v) is 29.1. The lowest BCUT2D eigenvalue weighted by Gasteiger charge is -2.46. The summed E-state index contributed by atoms with van der Waals surface area (Å²) < 4.78 is 0. The molecule has 0 bridgehead atoms. The molecule has 17 heteroatoms. The first-order chi connectivity index (χ1) is 20.9. The highest BCUT2D eigenvalue weighted by Gasteiger charge is 2.30. The number of nitrogens with zero attached hydrogens (tertiary/aromatic N) is 5. The SMILES string of the molecule is BC(B)(B)N(C/C=C/C(=O)N(C)[C@@H](C)C(=O)NCCc1cccc(Nc2nc(N(C)CC)c(CC)nc2C(N)=O)c1)C(B)(B)B. The Morgan fingerprint density at radius 1 is 1.04 bits per heavy atom. The van der Waals surface area contributed by atoms with Crippen molar-refractivity contribution in [2.45, 2.75) is 50.1 Å². The van der Waals surface area contributed by atoms with E-state index in [0.29, 0.717) is 48.9 Å². The van der Waals surface area contributed by atoms with Crippen molar-refractivity contribution in [1.82, 2.24) is 25.1 Å². The van der Waals surface area contributed by atoms with E-state index in [1.165, 1.54) is 4.90 Å². The van der Waals surface area contributed by atoms with Crippen molar-refractivity contribution >= 4 is 82.1 Å². The van der Waals surface area contributed by atoms with Gasteiger partial charge in [0.25, 0.3) is 5.91 Å². The predicted molar refractivity (Wildman–Crippen MR) is 200 cm³/mol. The number of carbonyl (C=O) groups is 3. The number of rotatable bonds is 16. The summed E-state index contributed by atoms with van der Waals surface area (Å²) in [5.41, 5.74) is 8.11. The lowest BCUT2D eigenvalue weighted by Crippen LogP contribution is -2.63. The van der Waals surface area contributed by atoms with Crippen LogP contribution in [0.5, 0.6) is 0 Å². The van der Waals surface area contributed by atoms with E-state index in [9.17, 15) is 14.4 Å². The first kappa shape index (κ1) is 37.6. The average Bonchev–Trinajstić information content (AvgIpc) is 2.96. The number of benzene rings is 1. The molecule has 0 spiro atoms. The number of nitrogens with one attached hydrogen (secondary N) is 2. The third-order valence-electron chi connectivity index (χ3n) is 7.73. The average molecular weight is 610 g/mol. The lowest BCUT2D eigenvalue weighted by atomic mass is 9.40. The van der Waals surface area contributed by atoms with E-state index in [4.69, 9.17) is 10.7 Å². The fraction of sp³-hybridized carbons (Fsp3) is 0.464. The summed E-state index contributed by atoms with van der Waals surface area (Å²) in [4.78, 5) is 52.8. The highest BCUT2D eigenvalue weighted by Crippen LogP contribution is 2.25. The van der Waals surface area contributed by atoms with E-state index in [2.05, 4.69) is 67.6 Å². The molecule has 0 aliphatic carbocycles. The number of carbonyl (C=O) groups excluding carboxylic acids is 3. The second-order valence-corrected chi connectivity index (χ2v) is 13.3. The van der Waals surface area contributed by atoms with Crippen LogP contribution in [0.4, 0.5) is 17.3 Å². The molecule has 0 aliphatic heterocycles. The largest absolute Gasteiger partial charge is 0.364 e. The highest BCUT2D eigenvalue weighted by atomic mass is 16.2. The van der Waals surface area contributed by atoms with Crippen molar-refractivity contribution in [3.8, 4) is 0 Å². The molecule has 2 rings (SSSR count). The van der Waals surface area contributed by atoms with Gasteiger partial charge in [0.1, 0.15) is 53.1 Å². The molecule has 1 heterocycles. The highest BCUT2D eigenvalue weighted by molar-refractivity contribution is 6.63. The number of aryl methyl sites for hydroxylation is 1. The smallest absolute Gasteiger partial charge is 0.271 e. The van der Waals surface area contributed by atoms with Crippen LogP contribution in [-0.2, 0) is 22.4 Å². The first-order valence-corrected chi connectivity index (χ1v) is 15.7. The van der Waals surface area contributed by atoms with Gasteiger partial charge in [0.15, 0.2) is 17.3 Å². The maximum Gasteiger partial charge on any atom is 0.271 e. The molecule has 0 aliphatic rings. The molecule has 0 fully saturated rings. The number of hydrogen-bond donors (Lipinski definition) is 3. The summed E-state index contributed by atoms with van der Waals surface area (Å²) in [6.07, 6.45) is 4.58. The van der Waals surface area contributed by atoms with Gasteiger partial charge in [-0.3, -0.25) is 14.4 Å². The predicted octanol–water partition coefficient (Wildman–Crippen LogP) is -4.28. The van der Waals surface area contributed by atoms with Gasteiger partial charge in [-0.1, -0.05) is 35.6 Å². The van der Waals surface area contributed by atoms with Gasteiger partial charge in [-0.25, -0.2) is 9.97 Å². The van der Waals surface area contributed by atoms with Crippen LogP contribution < -0.4 is 21.3 Å². The molecule has 3 amide bonds. The second kappa shape index (κ2) is 16.1. The monoisotopic (exact) mass is 610 g/mol. The van der Waals surface area contributed by atoms with Gasteiger partial charge in [-0.05, 0) is 44.4 Å². The van der Waals surface area contributed by atoms with E-state index in [-0.39, 0.29) is 28.0 Å². The van der Waals surface area contributed by atoms with Crippen LogP contribution in [0.25, 0.3) is 0 Å². The maximum atomic E-state index is 12.9. The van der Waals surface area contributed by atoms with Crippen molar-refractivity contribution in [2.24, 2.45) is 5.73 Å². The van der Waals surface area contributed by atoms with E-state index in [1.807, 2.05) is 56.1 Å². The Morgan fingerprint density at radius 2 is 1.69 bits per heavy atom. The quantitative estimate of drug-likeness (QED) is 0.129. The molecule has 45 heavy (non-hydrogen) atoms. The van der Waals surface area contributed by atoms with Gasteiger partial charge in [0.2, 0.25) is 11.8 Å². The number of primary amides is 1. The number of amides is 3. The third-order valence-corrected chi connectivity index (χ3v) is 7.73. The fourth-order valence-corrected chi connectivity index (χ4v) is 5.13. The van der Waals surface area contributed by atoms with Crippen molar-refractivity contribution in [2.75, 3.05) is 43.9 Å². The minimum absolute atomic E-state index is 0.0592. The number of anilines is 3. The molecule has 236 valence electrons. The standard InChI is InChI=1S/C28H48B6N8O3/c1-6-20-25(40(4)7-2)39-24(22(38-20)23(35)44)37-19-11-8-10-18(16-19)13-14-36-26(45)17(3)41(5)21(43)12-9-15-42(27(29,30)31)28(32,33)34/h8-12,16-17H,6-7,13-15,29-34H2,1-5H3,(H2,35,44)(H,36,45)(H,37,39)/b12-9+/t17-/m0/s1. The number of likely N-dealkylation sites (N-methyl/N-ethyl adjacent to an activating group) is 1. The Balaban J connectivity index is 2.03. The second-order valence-electron chi connectivity index (χ2n) is 13.3. The Hall–Kier alpha value is -3.60. The molecule has 0 saturated carbocycles. The summed E-state index contributed by atoms with van der Waals surface area (Å²) in [6, 6.07) is 7.00. The van der Waals surface area contributed by atoms with Crippen LogP contribution in [0, 0.1) is 0 Å². The zero-order valence-electron chi connectivity index (χ0n) is 29.1. The minimum Gasteiger partial charge on any atom is -0.364 e. The first-order valence-electron chi connectivity index (χ1n) is 15.7. The molecule has 0 unspecified atom stereocenters.